The molecule has 1 heterocycles. The molecule has 1 rings (SSSR count). The number of cyclic esters (lactones) is 1. The molecule has 0 bridgehead atoms. The van der Waals surface area contributed by atoms with Crippen molar-refractivity contribution in [1.29, 1.82) is 0 Å². The molecule has 2 nitrogen and oxygen atoms in total. The van der Waals surface area contributed by atoms with Crippen LogP contribution in [0.4, 0.5) is 0 Å². The number of esters is 1. The van der Waals surface area contributed by atoms with Crippen LogP contribution in [0.1, 0.15) is 26.7 Å². The lowest BCUT2D eigenvalue weighted by Crippen LogP contribution is -1.97. The molecular weight excluding hydrogens is 164 g/mol. The molecular formula is C11H14O2. The van der Waals surface area contributed by atoms with E-state index >= 15 is 0 Å². The number of hydrogen-bond donors (Lipinski definition) is 0. The van der Waals surface area contributed by atoms with Gasteiger partial charge in [-0.05, 0) is 25.5 Å². The first-order valence-electron chi connectivity index (χ1n) is 4.53. The zero-order valence-electron chi connectivity index (χ0n) is 8.04. The quantitative estimate of drug-likeness (QED) is 0.621. The molecule has 0 saturated carbocycles. The summed E-state index contributed by atoms with van der Waals surface area (Å²) >= 11 is 0. The first kappa shape index (κ1) is 9.78. The predicted molar refractivity (Wildman–Crippen MR) is 52.0 cm³/mol. The molecule has 1 aliphatic heterocycles. The molecule has 0 fully saturated rings. The molecule has 13 heavy (non-hydrogen) atoms. The molecule has 2 heteroatoms. The van der Waals surface area contributed by atoms with Gasteiger partial charge in [-0.25, -0.2) is 4.79 Å². The second-order valence-electron chi connectivity index (χ2n) is 2.90. The summed E-state index contributed by atoms with van der Waals surface area (Å²) in [5, 5.41) is 0. The van der Waals surface area contributed by atoms with Gasteiger partial charge in [-0.3, -0.25) is 0 Å². The van der Waals surface area contributed by atoms with Crippen LogP contribution in [0.5, 0.6) is 0 Å². The van der Waals surface area contributed by atoms with Crippen molar-refractivity contribution in [3.05, 3.63) is 35.6 Å². The summed E-state index contributed by atoms with van der Waals surface area (Å²) < 4.78 is 5.01. The Kier molecular flexibility index (Phi) is 3.50. The highest BCUT2D eigenvalue weighted by Crippen LogP contribution is 2.20. The van der Waals surface area contributed by atoms with Crippen LogP contribution in [0.15, 0.2) is 35.6 Å². The van der Waals surface area contributed by atoms with Gasteiger partial charge in [-0.1, -0.05) is 25.5 Å². The van der Waals surface area contributed by atoms with E-state index in [-0.39, 0.29) is 5.97 Å². The summed E-state index contributed by atoms with van der Waals surface area (Å²) in [6.45, 7) is 3.96. The van der Waals surface area contributed by atoms with Crippen molar-refractivity contribution >= 4 is 5.97 Å². The number of carbonyl (C=O) groups excluding carboxylic acids is 1. The van der Waals surface area contributed by atoms with Crippen LogP contribution in [0.25, 0.3) is 0 Å². The van der Waals surface area contributed by atoms with Gasteiger partial charge in [0.2, 0.25) is 0 Å². The Morgan fingerprint density at radius 3 is 2.92 bits per heavy atom. The maximum absolute atomic E-state index is 11.2. The second kappa shape index (κ2) is 4.65. The van der Waals surface area contributed by atoms with Gasteiger partial charge in [0.05, 0.1) is 0 Å². The third-order valence-electron chi connectivity index (χ3n) is 1.76. The molecule has 0 aliphatic carbocycles. The lowest BCUT2D eigenvalue weighted by atomic mass is 10.1. The summed E-state index contributed by atoms with van der Waals surface area (Å²) in [6, 6.07) is 0. The Hall–Kier alpha value is -1.31. The highest BCUT2D eigenvalue weighted by molar-refractivity contribution is 5.92. The van der Waals surface area contributed by atoms with Crippen molar-refractivity contribution < 1.29 is 9.53 Å². The van der Waals surface area contributed by atoms with Crippen LogP contribution in [0.2, 0.25) is 0 Å². The van der Waals surface area contributed by atoms with E-state index in [0.717, 1.165) is 18.4 Å². The van der Waals surface area contributed by atoms with Gasteiger partial charge in [0.25, 0.3) is 0 Å². The SMILES string of the molecule is CC=CC=C1C=C(CCC)C(=O)O1. The molecule has 0 saturated heterocycles. The predicted octanol–water partition coefficient (Wildman–Crippen LogP) is 2.73. The van der Waals surface area contributed by atoms with Gasteiger partial charge < -0.3 is 4.74 Å². The molecule has 0 radical (unpaired) electrons. The summed E-state index contributed by atoms with van der Waals surface area (Å²) in [6.07, 6.45) is 9.12. The Bertz CT molecular complexity index is 282. The van der Waals surface area contributed by atoms with Gasteiger partial charge >= 0.3 is 5.97 Å². The number of hydrogen-bond acceptors (Lipinski definition) is 2. The van der Waals surface area contributed by atoms with Gasteiger partial charge in [0.1, 0.15) is 5.76 Å². The zero-order valence-corrected chi connectivity index (χ0v) is 8.04. The van der Waals surface area contributed by atoms with E-state index in [1.165, 1.54) is 0 Å². The van der Waals surface area contributed by atoms with Gasteiger partial charge in [0, 0.05) is 5.57 Å². The van der Waals surface area contributed by atoms with Crippen molar-refractivity contribution in [1.82, 2.24) is 0 Å². The van der Waals surface area contributed by atoms with E-state index in [0.29, 0.717) is 5.76 Å². The minimum absolute atomic E-state index is 0.197. The van der Waals surface area contributed by atoms with Crippen molar-refractivity contribution in [2.75, 3.05) is 0 Å². The fourth-order valence-electron chi connectivity index (χ4n) is 1.15. The normalized spacial score (nSPS) is 19.7. The first-order valence-corrected chi connectivity index (χ1v) is 4.53. The van der Waals surface area contributed by atoms with E-state index in [2.05, 4.69) is 0 Å². The molecule has 70 valence electrons. The second-order valence-corrected chi connectivity index (χ2v) is 2.90. The summed E-state index contributed by atoms with van der Waals surface area (Å²) in [5.74, 6) is 0.448. The summed E-state index contributed by atoms with van der Waals surface area (Å²) in [5.41, 5.74) is 0.776. The van der Waals surface area contributed by atoms with Crippen molar-refractivity contribution in [3.63, 3.8) is 0 Å². The highest BCUT2D eigenvalue weighted by atomic mass is 16.5. The number of allylic oxidation sites excluding steroid dienone is 4. The minimum Gasteiger partial charge on any atom is -0.423 e. The van der Waals surface area contributed by atoms with E-state index < -0.39 is 0 Å². The number of rotatable bonds is 3. The molecule has 0 amide bonds. The zero-order chi connectivity index (χ0) is 9.68. The summed E-state index contributed by atoms with van der Waals surface area (Å²) in [7, 11) is 0. The average molecular weight is 178 g/mol. The fourth-order valence-corrected chi connectivity index (χ4v) is 1.15. The van der Waals surface area contributed by atoms with Crippen LogP contribution >= 0.6 is 0 Å². The van der Waals surface area contributed by atoms with E-state index in [9.17, 15) is 4.79 Å². The molecule has 1 aliphatic rings. The Labute approximate surface area is 78.6 Å². The Morgan fingerprint density at radius 1 is 1.54 bits per heavy atom. The first-order chi connectivity index (χ1) is 6.27. The Balaban J connectivity index is 2.71. The standard InChI is InChI=1S/C11H14O2/c1-3-5-7-10-8-9(6-4-2)11(12)13-10/h3,5,7-8H,4,6H2,1-2H3. The molecule has 0 N–H and O–H groups in total. The van der Waals surface area contributed by atoms with Crippen molar-refractivity contribution in [2.24, 2.45) is 0 Å². The van der Waals surface area contributed by atoms with Crippen LogP contribution in [0, 0.1) is 0 Å². The monoisotopic (exact) mass is 178 g/mol. The van der Waals surface area contributed by atoms with Crippen LogP contribution < -0.4 is 0 Å². The Morgan fingerprint density at radius 2 is 2.31 bits per heavy atom. The molecule has 0 aromatic heterocycles. The van der Waals surface area contributed by atoms with Crippen LogP contribution in [0.3, 0.4) is 0 Å². The maximum atomic E-state index is 11.2. The van der Waals surface area contributed by atoms with E-state index in [4.69, 9.17) is 4.74 Å². The van der Waals surface area contributed by atoms with Crippen LogP contribution in [-0.2, 0) is 9.53 Å². The summed E-state index contributed by atoms with van der Waals surface area (Å²) in [4.78, 5) is 11.2. The topological polar surface area (TPSA) is 26.3 Å². The smallest absolute Gasteiger partial charge is 0.339 e. The average Bonchev–Trinajstić information content (AvgIpc) is 2.45. The third-order valence-corrected chi connectivity index (χ3v) is 1.76. The molecule has 0 unspecified atom stereocenters. The van der Waals surface area contributed by atoms with E-state index in [1.807, 2.05) is 32.1 Å². The molecule has 0 spiro atoms. The van der Waals surface area contributed by atoms with Gasteiger partial charge in [-0.2, -0.15) is 0 Å². The van der Waals surface area contributed by atoms with Crippen molar-refractivity contribution in [3.8, 4) is 0 Å². The molecule has 0 atom stereocenters. The lowest BCUT2D eigenvalue weighted by Gasteiger charge is -1.94. The molecule has 0 aromatic rings. The molecule has 0 aromatic carbocycles. The largest absolute Gasteiger partial charge is 0.423 e. The minimum atomic E-state index is -0.197. The third kappa shape index (κ3) is 2.58. The van der Waals surface area contributed by atoms with Gasteiger partial charge in [0.15, 0.2) is 0 Å². The lowest BCUT2D eigenvalue weighted by molar-refractivity contribution is -0.133. The fraction of sp³-hybridized carbons (Fsp3) is 0.364. The van der Waals surface area contributed by atoms with Gasteiger partial charge in [-0.15, -0.1) is 0 Å². The van der Waals surface area contributed by atoms with Crippen LogP contribution in [-0.4, -0.2) is 5.97 Å². The van der Waals surface area contributed by atoms with E-state index in [1.54, 1.807) is 6.08 Å². The maximum Gasteiger partial charge on any atom is 0.339 e. The highest BCUT2D eigenvalue weighted by Gasteiger charge is 2.19. The van der Waals surface area contributed by atoms with Crippen molar-refractivity contribution in [2.45, 2.75) is 26.7 Å². The number of ether oxygens (including phenoxy) is 1. The number of carbonyl (C=O) groups is 1.